The van der Waals surface area contributed by atoms with Crippen LogP contribution in [-0.2, 0) is 0 Å². The summed E-state index contributed by atoms with van der Waals surface area (Å²) in [5, 5.41) is 16.6. The summed E-state index contributed by atoms with van der Waals surface area (Å²) in [6.07, 6.45) is -0.846. The Labute approximate surface area is 102 Å². The first-order valence-corrected chi connectivity index (χ1v) is 6.03. The molecule has 3 rings (SSSR count). The van der Waals surface area contributed by atoms with Crippen LogP contribution in [0.4, 0.5) is 0 Å². The molecule has 2 aromatic heterocycles. The maximum absolute atomic E-state index is 10.1. The van der Waals surface area contributed by atoms with Crippen LogP contribution in [0.15, 0.2) is 34.1 Å². The van der Waals surface area contributed by atoms with E-state index in [1.165, 1.54) is 11.5 Å². The van der Waals surface area contributed by atoms with Crippen molar-refractivity contribution in [3.63, 3.8) is 0 Å². The van der Waals surface area contributed by atoms with Gasteiger partial charge in [-0.3, -0.25) is 0 Å². The second kappa shape index (κ2) is 3.94. The molecule has 0 saturated carbocycles. The summed E-state index contributed by atoms with van der Waals surface area (Å²) in [5.41, 5.74) is 2.45. The number of rotatable bonds is 2. The molecule has 0 fully saturated rings. The summed E-state index contributed by atoms with van der Waals surface area (Å²) in [7, 11) is 0. The Hall–Kier alpha value is -1.72. The fraction of sp³-hybridized carbons (Fsp3) is 0.167. The molecule has 0 bridgehead atoms. The third kappa shape index (κ3) is 1.83. The lowest BCUT2D eigenvalue weighted by Gasteiger charge is -2.01. The molecule has 5 heteroatoms. The van der Waals surface area contributed by atoms with Crippen LogP contribution in [-0.4, -0.2) is 14.7 Å². The standard InChI is InChI=1S/C12H10N2O2S/c1-7-2-3-10-8(4-7)5-11(16-10)12(15)9-6-17-14-13-9/h2-6,12,15H,1H3. The van der Waals surface area contributed by atoms with Crippen LogP contribution in [0.2, 0.25) is 0 Å². The molecule has 86 valence electrons. The molecule has 17 heavy (non-hydrogen) atoms. The van der Waals surface area contributed by atoms with Gasteiger partial charge in [0.1, 0.15) is 17.0 Å². The Morgan fingerprint density at radius 3 is 3.00 bits per heavy atom. The predicted octanol–water partition coefficient (Wildman–Crippen LogP) is 2.67. The monoisotopic (exact) mass is 246 g/mol. The molecule has 0 spiro atoms. The van der Waals surface area contributed by atoms with Gasteiger partial charge in [0.15, 0.2) is 6.10 Å². The van der Waals surface area contributed by atoms with Crippen molar-refractivity contribution in [2.45, 2.75) is 13.0 Å². The van der Waals surface area contributed by atoms with Crippen molar-refractivity contribution in [1.82, 2.24) is 9.59 Å². The molecule has 1 N–H and O–H groups in total. The molecule has 0 radical (unpaired) electrons. The Kier molecular flexibility index (Phi) is 2.42. The van der Waals surface area contributed by atoms with Gasteiger partial charge in [-0.05, 0) is 36.7 Å². The molecule has 0 aliphatic rings. The lowest BCUT2D eigenvalue weighted by atomic mass is 10.1. The zero-order valence-corrected chi connectivity index (χ0v) is 9.94. The molecule has 1 atom stereocenters. The van der Waals surface area contributed by atoms with E-state index in [1.807, 2.05) is 31.2 Å². The highest BCUT2D eigenvalue weighted by Gasteiger charge is 2.17. The third-order valence-electron chi connectivity index (χ3n) is 2.62. The molecular formula is C12H10N2O2S. The first-order chi connectivity index (χ1) is 8.24. The van der Waals surface area contributed by atoms with Crippen LogP contribution >= 0.6 is 11.5 Å². The van der Waals surface area contributed by atoms with Gasteiger partial charge >= 0.3 is 0 Å². The van der Waals surface area contributed by atoms with Crippen LogP contribution in [0.1, 0.15) is 23.1 Å². The minimum absolute atomic E-state index is 0.498. The first kappa shape index (κ1) is 10.4. The smallest absolute Gasteiger partial charge is 0.156 e. The van der Waals surface area contributed by atoms with E-state index < -0.39 is 6.10 Å². The summed E-state index contributed by atoms with van der Waals surface area (Å²) >= 11 is 1.21. The number of benzene rings is 1. The van der Waals surface area contributed by atoms with E-state index in [-0.39, 0.29) is 0 Å². The number of furan rings is 1. The summed E-state index contributed by atoms with van der Waals surface area (Å²) in [5.74, 6) is 0.498. The second-order valence-corrected chi connectivity index (χ2v) is 4.53. The summed E-state index contributed by atoms with van der Waals surface area (Å²) in [4.78, 5) is 0. The SMILES string of the molecule is Cc1ccc2oc(C(O)c3csnn3)cc2c1. The largest absolute Gasteiger partial charge is 0.458 e. The van der Waals surface area contributed by atoms with Gasteiger partial charge in [0, 0.05) is 10.8 Å². The molecule has 1 unspecified atom stereocenters. The van der Waals surface area contributed by atoms with Crippen molar-refractivity contribution >= 4 is 22.5 Å². The van der Waals surface area contributed by atoms with E-state index in [2.05, 4.69) is 9.59 Å². The summed E-state index contributed by atoms with van der Waals surface area (Å²) in [6.45, 7) is 2.02. The topological polar surface area (TPSA) is 59.2 Å². The number of aliphatic hydroxyl groups is 1. The Morgan fingerprint density at radius 2 is 2.24 bits per heavy atom. The van der Waals surface area contributed by atoms with Crippen molar-refractivity contribution in [3.05, 3.63) is 46.7 Å². The number of aryl methyl sites for hydroxylation is 1. The van der Waals surface area contributed by atoms with Crippen molar-refractivity contribution in [1.29, 1.82) is 0 Å². The third-order valence-corrected chi connectivity index (χ3v) is 3.14. The zero-order valence-electron chi connectivity index (χ0n) is 9.12. The fourth-order valence-electron chi connectivity index (χ4n) is 1.75. The molecule has 2 heterocycles. The van der Waals surface area contributed by atoms with Gasteiger partial charge in [-0.25, -0.2) is 0 Å². The number of fused-ring (bicyclic) bond motifs is 1. The van der Waals surface area contributed by atoms with E-state index in [4.69, 9.17) is 4.42 Å². The lowest BCUT2D eigenvalue weighted by Crippen LogP contribution is -1.97. The minimum atomic E-state index is -0.846. The lowest BCUT2D eigenvalue weighted by molar-refractivity contribution is 0.187. The zero-order chi connectivity index (χ0) is 11.8. The quantitative estimate of drug-likeness (QED) is 0.755. The highest BCUT2D eigenvalue weighted by Crippen LogP contribution is 2.28. The molecular weight excluding hydrogens is 236 g/mol. The molecule has 0 saturated heterocycles. The van der Waals surface area contributed by atoms with E-state index in [1.54, 1.807) is 5.38 Å². The van der Waals surface area contributed by atoms with Crippen LogP contribution in [0, 0.1) is 6.92 Å². The normalized spacial score (nSPS) is 13.1. The van der Waals surface area contributed by atoms with Crippen molar-refractivity contribution in [3.8, 4) is 0 Å². The fourth-order valence-corrected chi connectivity index (χ4v) is 2.23. The first-order valence-electron chi connectivity index (χ1n) is 5.19. The molecule has 4 nitrogen and oxygen atoms in total. The average molecular weight is 246 g/mol. The van der Waals surface area contributed by atoms with Crippen LogP contribution < -0.4 is 0 Å². The van der Waals surface area contributed by atoms with E-state index >= 15 is 0 Å². The van der Waals surface area contributed by atoms with Gasteiger partial charge in [0.05, 0.1) is 0 Å². The van der Waals surface area contributed by atoms with Crippen LogP contribution in [0.25, 0.3) is 11.0 Å². The summed E-state index contributed by atoms with van der Waals surface area (Å²) < 4.78 is 9.32. The molecule has 0 amide bonds. The van der Waals surface area contributed by atoms with Crippen molar-refractivity contribution < 1.29 is 9.52 Å². The molecule has 0 aliphatic carbocycles. The molecule has 0 aliphatic heterocycles. The average Bonchev–Trinajstić information content (AvgIpc) is 2.96. The van der Waals surface area contributed by atoms with Gasteiger partial charge in [-0.15, -0.1) is 5.10 Å². The maximum atomic E-state index is 10.1. The molecule has 3 aromatic rings. The number of nitrogens with zero attached hydrogens (tertiary/aromatic N) is 2. The van der Waals surface area contributed by atoms with E-state index in [0.717, 1.165) is 16.5 Å². The second-order valence-electron chi connectivity index (χ2n) is 3.92. The van der Waals surface area contributed by atoms with Gasteiger partial charge in [-0.1, -0.05) is 16.1 Å². The van der Waals surface area contributed by atoms with E-state index in [0.29, 0.717) is 11.5 Å². The van der Waals surface area contributed by atoms with Gasteiger partial charge in [0.25, 0.3) is 0 Å². The predicted molar refractivity (Wildman–Crippen MR) is 64.9 cm³/mol. The van der Waals surface area contributed by atoms with E-state index in [9.17, 15) is 5.11 Å². The Balaban J connectivity index is 2.06. The van der Waals surface area contributed by atoms with Crippen molar-refractivity contribution in [2.24, 2.45) is 0 Å². The highest BCUT2D eigenvalue weighted by atomic mass is 32.1. The number of aliphatic hydroxyl groups excluding tert-OH is 1. The molecule has 1 aromatic carbocycles. The maximum Gasteiger partial charge on any atom is 0.156 e. The number of aromatic nitrogens is 2. The minimum Gasteiger partial charge on any atom is -0.458 e. The number of hydrogen-bond acceptors (Lipinski definition) is 5. The van der Waals surface area contributed by atoms with Gasteiger partial charge < -0.3 is 9.52 Å². The number of hydrogen-bond donors (Lipinski definition) is 1. The van der Waals surface area contributed by atoms with Gasteiger partial charge in [0.2, 0.25) is 0 Å². The van der Waals surface area contributed by atoms with Gasteiger partial charge in [-0.2, -0.15) is 0 Å². The Bertz CT molecular complexity index is 646. The van der Waals surface area contributed by atoms with Crippen molar-refractivity contribution in [2.75, 3.05) is 0 Å². The van der Waals surface area contributed by atoms with Crippen LogP contribution in [0.3, 0.4) is 0 Å². The van der Waals surface area contributed by atoms with Crippen LogP contribution in [0.5, 0.6) is 0 Å². The summed E-state index contributed by atoms with van der Waals surface area (Å²) in [6, 6.07) is 7.74. The highest BCUT2D eigenvalue weighted by molar-refractivity contribution is 7.03. The Morgan fingerprint density at radius 1 is 1.35 bits per heavy atom.